The smallest absolute Gasteiger partial charge is 0.261 e. The Morgan fingerprint density at radius 1 is 1.25 bits per heavy atom. The number of nitrogens with one attached hydrogen (secondary N) is 2. The van der Waals surface area contributed by atoms with Gasteiger partial charge in [-0.1, -0.05) is 25.1 Å². The van der Waals surface area contributed by atoms with Crippen molar-refractivity contribution in [2.24, 2.45) is 0 Å². The number of hydrogen-bond acceptors (Lipinski definition) is 3. The Morgan fingerprint density at radius 2 is 1.96 bits per heavy atom. The molecule has 130 valence electrons. The van der Waals surface area contributed by atoms with E-state index in [1.54, 1.807) is 6.07 Å². The Labute approximate surface area is 147 Å². The van der Waals surface area contributed by atoms with E-state index in [1.165, 1.54) is 0 Å². The average Bonchev–Trinajstić information content (AvgIpc) is 2.59. The zero-order valence-electron chi connectivity index (χ0n) is 13.9. The number of nitrogens with zero attached hydrogens (tertiary/aromatic N) is 1. The number of halogens is 1. The van der Waals surface area contributed by atoms with Crippen molar-refractivity contribution in [1.29, 1.82) is 0 Å². The molecule has 2 N–H and O–H groups in total. The lowest BCUT2D eigenvalue weighted by atomic mass is 10.0. The summed E-state index contributed by atoms with van der Waals surface area (Å²) in [6, 6.07) is 9.48. The summed E-state index contributed by atoms with van der Waals surface area (Å²) in [6.45, 7) is 4.60. The molecule has 24 heavy (non-hydrogen) atoms. The second-order valence-electron chi connectivity index (χ2n) is 6.08. The minimum absolute atomic E-state index is 0. The van der Waals surface area contributed by atoms with E-state index in [4.69, 9.17) is 0 Å². The number of aromatic nitrogens is 1. The fraction of sp³-hybridized carbons (Fsp3) is 0.444. The Kier molecular flexibility index (Phi) is 6.40. The lowest BCUT2D eigenvalue weighted by Crippen LogP contribution is -2.47. The van der Waals surface area contributed by atoms with E-state index in [2.05, 4.69) is 17.2 Å². The second-order valence-corrected chi connectivity index (χ2v) is 6.08. The van der Waals surface area contributed by atoms with Gasteiger partial charge in [0.25, 0.3) is 11.5 Å². The van der Waals surface area contributed by atoms with Gasteiger partial charge in [-0.25, -0.2) is 0 Å². The van der Waals surface area contributed by atoms with Crippen LogP contribution in [0.15, 0.2) is 35.1 Å². The summed E-state index contributed by atoms with van der Waals surface area (Å²) in [7, 11) is 0. The van der Waals surface area contributed by atoms with Gasteiger partial charge < -0.3 is 15.2 Å². The standard InChI is InChI=1S/C18H23N3O2.ClH/c1-2-11-21(14-7-9-19-10-8-14)18(23)15-12-13-5-3-4-6-16(13)20-17(15)22;/h3-6,12,14,19H,2,7-11H2,1H3,(H,20,22);1H. The van der Waals surface area contributed by atoms with Crippen LogP contribution in [0.25, 0.3) is 10.9 Å². The number of carbonyl (C=O) groups is 1. The van der Waals surface area contributed by atoms with Crippen LogP contribution in [0.4, 0.5) is 0 Å². The van der Waals surface area contributed by atoms with E-state index in [0.29, 0.717) is 6.54 Å². The number of pyridine rings is 1. The molecule has 2 aromatic rings. The number of carbonyl (C=O) groups excluding carboxylic acids is 1. The summed E-state index contributed by atoms with van der Waals surface area (Å²) in [6.07, 6.45) is 2.77. The van der Waals surface area contributed by atoms with Crippen LogP contribution < -0.4 is 10.9 Å². The van der Waals surface area contributed by atoms with Crippen molar-refractivity contribution in [1.82, 2.24) is 15.2 Å². The lowest BCUT2D eigenvalue weighted by Gasteiger charge is -2.34. The van der Waals surface area contributed by atoms with Crippen LogP contribution in [-0.2, 0) is 0 Å². The van der Waals surface area contributed by atoms with Gasteiger partial charge >= 0.3 is 0 Å². The fourth-order valence-corrected chi connectivity index (χ4v) is 3.27. The topological polar surface area (TPSA) is 65.2 Å². The highest BCUT2D eigenvalue weighted by Crippen LogP contribution is 2.17. The van der Waals surface area contributed by atoms with Crippen molar-refractivity contribution in [2.75, 3.05) is 19.6 Å². The number of H-pyrrole nitrogens is 1. The maximum absolute atomic E-state index is 13.0. The van der Waals surface area contributed by atoms with Gasteiger partial charge in [-0.2, -0.15) is 0 Å². The zero-order chi connectivity index (χ0) is 16.2. The third kappa shape index (κ3) is 3.79. The largest absolute Gasteiger partial charge is 0.335 e. The van der Waals surface area contributed by atoms with E-state index < -0.39 is 0 Å². The van der Waals surface area contributed by atoms with Crippen LogP contribution in [0.3, 0.4) is 0 Å². The summed E-state index contributed by atoms with van der Waals surface area (Å²) in [5.41, 5.74) is 0.706. The van der Waals surface area contributed by atoms with Crippen LogP contribution in [0, 0.1) is 0 Å². The summed E-state index contributed by atoms with van der Waals surface area (Å²) in [5, 5.41) is 4.21. The lowest BCUT2D eigenvalue weighted by molar-refractivity contribution is 0.0641. The number of piperidine rings is 1. The molecule has 0 unspecified atom stereocenters. The quantitative estimate of drug-likeness (QED) is 0.891. The molecule has 0 saturated carbocycles. The first kappa shape index (κ1) is 18.5. The molecule has 1 aromatic carbocycles. The first-order valence-corrected chi connectivity index (χ1v) is 8.34. The van der Waals surface area contributed by atoms with Crippen molar-refractivity contribution >= 4 is 29.2 Å². The third-order valence-corrected chi connectivity index (χ3v) is 4.46. The number of amides is 1. The molecule has 1 saturated heterocycles. The molecule has 1 aliphatic rings. The number of aromatic amines is 1. The maximum atomic E-state index is 13.0. The van der Waals surface area contributed by atoms with Crippen LogP contribution in [0.1, 0.15) is 36.5 Å². The van der Waals surface area contributed by atoms with Crippen molar-refractivity contribution in [3.63, 3.8) is 0 Å². The Bertz CT molecular complexity index is 753. The van der Waals surface area contributed by atoms with Gasteiger partial charge in [0.15, 0.2) is 0 Å². The highest BCUT2D eigenvalue weighted by atomic mass is 35.5. The fourth-order valence-electron chi connectivity index (χ4n) is 3.27. The summed E-state index contributed by atoms with van der Waals surface area (Å²) in [5.74, 6) is -0.147. The summed E-state index contributed by atoms with van der Waals surface area (Å²) in [4.78, 5) is 30.0. The minimum Gasteiger partial charge on any atom is -0.335 e. The van der Waals surface area contributed by atoms with Gasteiger partial charge in [-0.05, 0) is 49.9 Å². The van der Waals surface area contributed by atoms with E-state index in [9.17, 15) is 9.59 Å². The van der Waals surface area contributed by atoms with Crippen molar-refractivity contribution in [3.05, 3.63) is 46.2 Å². The highest BCUT2D eigenvalue weighted by Gasteiger charge is 2.27. The van der Waals surface area contributed by atoms with Crippen LogP contribution >= 0.6 is 12.4 Å². The van der Waals surface area contributed by atoms with Gasteiger partial charge in [-0.15, -0.1) is 12.4 Å². The predicted octanol–water partition coefficient (Wildman–Crippen LogP) is 2.55. The Morgan fingerprint density at radius 3 is 2.67 bits per heavy atom. The Balaban J connectivity index is 0.00000208. The molecule has 2 heterocycles. The van der Waals surface area contributed by atoms with E-state index >= 15 is 0 Å². The predicted molar refractivity (Wildman–Crippen MR) is 99.0 cm³/mol. The van der Waals surface area contributed by atoms with Gasteiger partial charge in [0.1, 0.15) is 5.56 Å². The molecular formula is C18H24ClN3O2. The SMILES string of the molecule is CCCN(C(=O)c1cc2ccccc2[nH]c1=O)C1CCNCC1.Cl. The first-order chi connectivity index (χ1) is 11.2. The molecule has 0 bridgehead atoms. The molecule has 1 aliphatic heterocycles. The summed E-state index contributed by atoms with van der Waals surface area (Å²) < 4.78 is 0. The zero-order valence-corrected chi connectivity index (χ0v) is 14.7. The molecular weight excluding hydrogens is 326 g/mol. The molecule has 0 aliphatic carbocycles. The Hall–Kier alpha value is -1.85. The molecule has 0 spiro atoms. The number of rotatable bonds is 4. The molecule has 0 radical (unpaired) electrons. The first-order valence-electron chi connectivity index (χ1n) is 8.34. The maximum Gasteiger partial charge on any atom is 0.261 e. The van der Waals surface area contributed by atoms with Gasteiger partial charge in [0, 0.05) is 18.1 Å². The molecule has 5 nitrogen and oxygen atoms in total. The number of hydrogen-bond donors (Lipinski definition) is 2. The minimum atomic E-state index is -0.302. The van der Waals surface area contributed by atoms with Crippen molar-refractivity contribution < 1.29 is 4.79 Å². The molecule has 1 fully saturated rings. The van der Waals surface area contributed by atoms with E-state index in [-0.39, 0.29) is 35.5 Å². The summed E-state index contributed by atoms with van der Waals surface area (Å²) >= 11 is 0. The molecule has 0 atom stereocenters. The van der Waals surface area contributed by atoms with Gasteiger partial charge in [0.05, 0.1) is 0 Å². The van der Waals surface area contributed by atoms with E-state index in [0.717, 1.165) is 43.3 Å². The highest BCUT2D eigenvalue weighted by molar-refractivity contribution is 5.97. The molecule has 3 rings (SSSR count). The average molecular weight is 350 g/mol. The number of benzene rings is 1. The van der Waals surface area contributed by atoms with Crippen molar-refractivity contribution in [2.45, 2.75) is 32.2 Å². The van der Waals surface area contributed by atoms with Gasteiger partial charge in [0.2, 0.25) is 0 Å². The van der Waals surface area contributed by atoms with Crippen LogP contribution in [0.2, 0.25) is 0 Å². The molecule has 1 amide bonds. The normalized spacial score (nSPS) is 15.0. The molecule has 1 aromatic heterocycles. The second kappa shape index (κ2) is 8.31. The van der Waals surface area contributed by atoms with Gasteiger partial charge in [-0.3, -0.25) is 9.59 Å². The number of para-hydroxylation sites is 1. The van der Waals surface area contributed by atoms with Crippen molar-refractivity contribution in [3.8, 4) is 0 Å². The van der Waals surface area contributed by atoms with Crippen LogP contribution in [0.5, 0.6) is 0 Å². The van der Waals surface area contributed by atoms with E-state index in [1.807, 2.05) is 29.2 Å². The monoisotopic (exact) mass is 349 g/mol. The third-order valence-electron chi connectivity index (χ3n) is 4.46. The molecule has 6 heteroatoms. The van der Waals surface area contributed by atoms with Crippen LogP contribution in [-0.4, -0.2) is 41.5 Å². The number of fused-ring (bicyclic) bond motifs is 1.